The fourth-order valence-corrected chi connectivity index (χ4v) is 4.50. The minimum Gasteiger partial charge on any atom is -0.347 e. The molecule has 2 heterocycles. The Labute approximate surface area is 148 Å². The number of hydrogen-bond acceptors (Lipinski definition) is 6. The molecule has 0 radical (unpaired) electrons. The van der Waals surface area contributed by atoms with Gasteiger partial charge in [0.1, 0.15) is 0 Å². The summed E-state index contributed by atoms with van der Waals surface area (Å²) in [6, 6.07) is 0. The van der Waals surface area contributed by atoms with E-state index < -0.39 is 10.0 Å². The maximum Gasteiger partial charge on any atom is 0.246 e. The number of sulfonamides is 1. The van der Waals surface area contributed by atoms with E-state index >= 15 is 0 Å². The van der Waals surface area contributed by atoms with Gasteiger partial charge in [-0.05, 0) is 25.7 Å². The minimum absolute atomic E-state index is 0.0703. The summed E-state index contributed by atoms with van der Waals surface area (Å²) in [5.74, 6) is 1.29. The molecule has 1 aromatic rings. The highest BCUT2D eigenvalue weighted by Gasteiger charge is 2.28. The van der Waals surface area contributed by atoms with Gasteiger partial charge in [-0.15, -0.1) is 0 Å². The molecule has 8 nitrogen and oxygen atoms in total. The van der Waals surface area contributed by atoms with Gasteiger partial charge in [-0.3, -0.25) is 4.79 Å². The minimum atomic E-state index is -3.13. The number of piperidine rings is 1. The van der Waals surface area contributed by atoms with E-state index in [1.807, 2.05) is 0 Å². The first-order chi connectivity index (χ1) is 11.9. The van der Waals surface area contributed by atoms with E-state index in [1.165, 1.54) is 17.0 Å². The van der Waals surface area contributed by atoms with Crippen LogP contribution in [0.1, 0.15) is 62.6 Å². The second kappa shape index (κ2) is 7.82. The van der Waals surface area contributed by atoms with Crippen LogP contribution in [0.5, 0.6) is 0 Å². The SMILES string of the molecule is CS(=O)(=O)N1CCC(c2noc(CNC(=O)C3CCCCC3)n2)CC1. The highest BCUT2D eigenvalue weighted by Crippen LogP contribution is 2.27. The topological polar surface area (TPSA) is 105 Å². The molecule has 140 valence electrons. The molecule has 1 aliphatic heterocycles. The van der Waals surface area contributed by atoms with Crippen molar-refractivity contribution in [2.45, 2.75) is 57.4 Å². The number of hydrogen-bond donors (Lipinski definition) is 1. The van der Waals surface area contributed by atoms with Gasteiger partial charge >= 0.3 is 0 Å². The Morgan fingerprint density at radius 3 is 2.52 bits per heavy atom. The summed E-state index contributed by atoms with van der Waals surface area (Å²) < 4.78 is 29.8. The maximum absolute atomic E-state index is 12.1. The van der Waals surface area contributed by atoms with Crippen molar-refractivity contribution in [1.29, 1.82) is 0 Å². The average molecular weight is 370 g/mol. The monoisotopic (exact) mass is 370 g/mol. The molecule has 25 heavy (non-hydrogen) atoms. The van der Waals surface area contributed by atoms with Crippen molar-refractivity contribution in [2.75, 3.05) is 19.3 Å². The summed E-state index contributed by atoms with van der Waals surface area (Å²) in [6.07, 6.45) is 7.97. The lowest BCUT2D eigenvalue weighted by molar-refractivity contribution is -0.126. The van der Waals surface area contributed by atoms with E-state index in [0.29, 0.717) is 37.6 Å². The molecule has 1 saturated heterocycles. The van der Waals surface area contributed by atoms with Gasteiger partial charge in [0.15, 0.2) is 5.82 Å². The van der Waals surface area contributed by atoms with Crippen molar-refractivity contribution >= 4 is 15.9 Å². The van der Waals surface area contributed by atoms with E-state index in [-0.39, 0.29) is 24.3 Å². The van der Waals surface area contributed by atoms with Gasteiger partial charge in [-0.2, -0.15) is 4.98 Å². The lowest BCUT2D eigenvalue weighted by Crippen LogP contribution is -2.37. The highest BCUT2D eigenvalue weighted by molar-refractivity contribution is 7.88. The van der Waals surface area contributed by atoms with E-state index in [4.69, 9.17) is 4.52 Å². The van der Waals surface area contributed by atoms with Crippen molar-refractivity contribution in [3.8, 4) is 0 Å². The summed E-state index contributed by atoms with van der Waals surface area (Å²) in [6.45, 7) is 1.21. The highest BCUT2D eigenvalue weighted by atomic mass is 32.2. The van der Waals surface area contributed by atoms with Crippen molar-refractivity contribution in [3.63, 3.8) is 0 Å². The molecule has 9 heteroatoms. The lowest BCUT2D eigenvalue weighted by atomic mass is 9.89. The summed E-state index contributed by atoms with van der Waals surface area (Å²) in [5.41, 5.74) is 0. The smallest absolute Gasteiger partial charge is 0.246 e. The van der Waals surface area contributed by atoms with E-state index in [1.54, 1.807) is 0 Å². The normalized spacial score (nSPS) is 21.3. The van der Waals surface area contributed by atoms with Crippen LogP contribution in [-0.4, -0.2) is 48.1 Å². The molecule has 3 rings (SSSR count). The van der Waals surface area contributed by atoms with Crippen LogP contribution >= 0.6 is 0 Å². The largest absolute Gasteiger partial charge is 0.347 e. The Balaban J connectivity index is 1.48. The van der Waals surface area contributed by atoms with Gasteiger partial charge < -0.3 is 9.84 Å². The first kappa shape index (κ1) is 18.3. The molecular weight excluding hydrogens is 344 g/mol. The van der Waals surface area contributed by atoms with Crippen molar-refractivity contribution in [3.05, 3.63) is 11.7 Å². The van der Waals surface area contributed by atoms with E-state index in [2.05, 4.69) is 15.5 Å². The summed E-state index contributed by atoms with van der Waals surface area (Å²) >= 11 is 0. The van der Waals surface area contributed by atoms with Crippen molar-refractivity contribution < 1.29 is 17.7 Å². The third-order valence-corrected chi connectivity index (χ3v) is 6.46. The molecule has 2 fully saturated rings. The summed E-state index contributed by atoms with van der Waals surface area (Å²) in [7, 11) is -3.13. The van der Waals surface area contributed by atoms with Gasteiger partial charge in [0.2, 0.25) is 21.8 Å². The predicted octanol–water partition coefficient (Wildman–Crippen LogP) is 1.41. The van der Waals surface area contributed by atoms with Gasteiger partial charge in [0.25, 0.3) is 0 Å². The Kier molecular flexibility index (Phi) is 5.73. The molecule has 1 saturated carbocycles. The number of aromatic nitrogens is 2. The third-order valence-electron chi connectivity index (χ3n) is 5.16. The summed E-state index contributed by atoms with van der Waals surface area (Å²) in [5, 5.41) is 6.90. The standard InChI is InChI=1S/C16H26N4O4S/c1-25(22,23)20-9-7-12(8-10-20)15-18-14(24-19-15)11-17-16(21)13-5-3-2-4-6-13/h12-13H,2-11H2,1H3,(H,17,21). The number of nitrogens with zero attached hydrogens (tertiary/aromatic N) is 3. The molecule has 0 aromatic carbocycles. The zero-order chi connectivity index (χ0) is 17.9. The Morgan fingerprint density at radius 1 is 1.20 bits per heavy atom. The molecule has 0 bridgehead atoms. The Morgan fingerprint density at radius 2 is 1.88 bits per heavy atom. The number of carbonyl (C=O) groups is 1. The zero-order valence-corrected chi connectivity index (χ0v) is 15.4. The van der Waals surface area contributed by atoms with Crippen LogP contribution in [0.2, 0.25) is 0 Å². The molecule has 1 aromatic heterocycles. The first-order valence-electron chi connectivity index (χ1n) is 8.99. The van der Waals surface area contributed by atoms with Crippen LogP contribution < -0.4 is 5.32 Å². The predicted molar refractivity (Wildman–Crippen MR) is 91.1 cm³/mol. The fourth-order valence-electron chi connectivity index (χ4n) is 3.62. The molecule has 0 unspecified atom stereocenters. The van der Waals surface area contributed by atoms with Gasteiger partial charge in [-0.1, -0.05) is 24.4 Å². The second-order valence-electron chi connectivity index (χ2n) is 7.04. The van der Waals surface area contributed by atoms with Crippen molar-refractivity contribution in [1.82, 2.24) is 19.8 Å². The van der Waals surface area contributed by atoms with Gasteiger partial charge in [-0.25, -0.2) is 12.7 Å². The van der Waals surface area contributed by atoms with Gasteiger partial charge in [0, 0.05) is 24.9 Å². The van der Waals surface area contributed by atoms with Crippen LogP contribution in [0.15, 0.2) is 4.52 Å². The molecule has 1 N–H and O–H groups in total. The van der Waals surface area contributed by atoms with E-state index in [9.17, 15) is 13.2 Å². The maximum atomic E-state index is 12.1. The third kappa shape index (κ3) is 4.78. The van der Waals surface area contributed by atoms with Crippen LogP contribution in [0, 0.1) is 5.92 Å². The summed E-state index contributed by atoms with van der Waals surface area (Å²) in [4.78, 5) is 16.5. The van der Waals surface area contributed by atoms with Crippen molar-refractivity contribution in [2.24, 2.45) is 5.92 Å². The van der Waals surface area contributed by atoms with Crippen LogP contribution in [-0.2, 0) is 21.4 Å². The van der Waals surface area contributed by atoms with Gasteiger partial charge in [0.05, 0.1) is 12.8 Å². The Bertz CT molecular complexity index is 689. The number of amides is 1. The molecule has 0 atom stereocenters. The first-order valence-corrected chi connectivity index (χ1v) is 10.8. The fraction of sp³-hybridized carbons (Fsp3) is 0.812. The molecular formula is C16H26N4O4S. The van der Waals surface area contributed by atoms with Crippen LogP contribution in [0.3, 0.4) is 0 Å². The van der Waals surface area contributed by atoms with Crippen LogP contribution in [0.25, 0.3) is 0 Å². The van der Waals surface area contributed by atoms with E-state index in [0.717, 1.165) is 25.7 Å². The quantitative estimate of drug-likeness (QED) is 0.840. The molecule has 2 aliphatic rings. The molecule has 1 aliphatic carbocycles. The lowest BCUT2D eigenvalue weighted by Gasteiger charge is -2.28. The number of rotatable bonds is 5. The number of carbonyl (C=O) groups excluding carboxylic acids is 1. The second-order valence-corrected chi connectivity index (χ2v) is 9.02. The zero-order valence-electron chi connectivity index (χ0n) is 14.6. The Hall–Kier alpha value is -1.48. The number of nitrogens with one attached hydrogen (secondary N) is 1. The molecule has 1 amide bonds. The van der Waals surface area contributed by atoms with Crippen LogP contribution in [0.4, 0.5) is 0 Å². The average Bonchev–Trinajstić information content (AvgIpc) is 3.09. The molecule has 0 spiro atoms.